The fourth-order valence-corrected chi connectivity index (χ4v) is 15.3. The molecule has 2 aliphatic carbocycles. The molecule has 0 spiro atoms. The molecule has 0 bridgehead atoms. The molecule has 88 heavy (non-hydrogen) atoms. The molecular weight excluding hydrogens is 1060 g/mol. The maximum absolute atomic E-state index is 3.83. The third-order valence-electron chi connectivity index (χ3n) is 20.3. The number of benzene rings is 9. The van der Waals surface area contributed by atoms with Gasteiger partial charge in [0.2, 0.25) is 0 Å². The van der Waals surface area contributed by atoms with E-state index in [1.807, 2.05) is 0 Å². The number of fused-ring (bicyclic) bond motifs is 12. The van der Waals surface area contributed by atoms with Crippen LogP contribution in [0.2, 0.25) is 0 Å². The van der Waals surface area contributed by atoms with Gasteiger partial charge in [-0.2, -0.15) is 0 Å². The molecule has 0 atom stereocenters. The van der Waals surface area contributed by atoms with E-state index in [-0.39, 0.29) is 10.8 Å². The molecule has 0 saturated carbocycles. The van der Waals surface area contributed by atoms with Crippen molar-refractivity contribution in [3.05, 3.63) is 214 Å². The van der Waals surface area contributed by atoms with Crippen molar-refractivity contribution in [1.29, 1.82) is 0 Å². The highest BCUT2D eigenvalue weighted by atomic mass is 15.0. The first-order valence-corrected chi connectivity index (χ1v) is 34.3. The number of aromatic nitrogens is 2. The largest absolute Gasteiger partial charge is 0.355 e. The van der Waals surface area contributed by atoms with E-state index in [0.717, 1.165) is 48.4 Å². The second-order valence-electron chi connectivity index (χ2n) is 27.4. The van der Waals surface area contributed by atoms with Crippen LogP contribution in [0.4, 0.5) is 22.7 Å². The van der Waals surface area contributed by atoms with Crippen molar-refractivity contribution in [2.24, 2.45) is 0 Å². The predicted octanol–water partition coefficient (Wildman–Crippen LogP) is 24.5. The van der Waals surface area contributed by atoms with Crippen molar-refractivity contribution in [2.45, 2.75) is 195 Å². The number of anilines is 4. The lowest BCUT2D eigenvalue weighted by Crippen LogP contribution is -2.15. The van der Waals surface area contributed by atoms with Crippen LogP contribution in [0.25, 0.3) is 77.2 Å². The van der Waals surface area contributed by atoms with Crippen LogP contribution >= 0.6 is 0 Å². The summed E-state index contributed by atoms with van der Waals surface area (Å²) >= 11 is 0. The normalized spacial score (nSPS) is 13.6. The topological polar surface area (TPSA) is 33.9 Å². The summed E-state index contributed by atoms with van der Waals surface area (Å²) in [5.41, 5.74) is 28.2. The molecule has 0 unspecified atom stereocenters. The van der Waals surface area contributed by atoms with Crippen LogP contribution in [0.1, 0.15) is 203 Å². The monoisotopic (exact) mass is 1160 g/mol. The van der Waals surface area contributed by atoms with Gasteiger partial charge >= 0.3 is 0 Å². The molecule has 13 rings (SSSR count). The molecule has 9 aromatic carbocycles. The van der Waals surface area contributed by atoms with Crippen molar-refractivity contribution in [2.75, 3.05) is 10.6 Å². The average molecular weight is 1160 g/mol. The second kappa shape index (κ2) is 25.3. The van der Waals surface area contributed by atoms with Crippen molar-refractivity contribution in [3.63, 3.8) is 0 Å². The first-order chi connectivity index (χ1) is 42.9. The first-order valence-electron chi connectivity index (χ1n) is 34.3. The summed E-state index contributed by atoms with van der Waals surface area (Å²) in [6, 6.07) is 66.5. The average Bonchev–Trinajstić information content (AvgIpc) is 2.02. The molecule has 0 amide bonds. The minimum Gasteiger partial charge on any atom is -0.355 e. The zero-order valence-electron chi connectivity index (χ0n) is 54.2. The summed E-state index contributed by atoms with van der Waals surface area (Å²) in [7, 11) is 0. The number of hydrogen-bond donors (Lipinski definition) is 2. The van der Waals surface area contributed by atoms with Crippen LogP contribution < -0.4 is 10.6 Å². The lowest BCUT2D eigenvalue weighted by Gasteiger charge is -2.23. The number of aryl methyl sites for hydroxylation is 4. The molecule has 0 saturated heterocycles. The van der Waals surface area contributed by atoms with Gasteiger partial charge in [0, 0.05) is 66.5 Å². The second-order valence-corrected chi connectivity index (χ2v) is 27.4. The van der Waals surface area contributed by atoms with E-state index in [1.54, 1.807) is 0 Å². The van der Waals surface area contributed by atoms with Crippen LogP contribution in [0.15, 0.2) is 170 Å². The molecule has 2 aromatic heterocycles. The van der Waals surface area contributed by atoms with Gasteiger partial charge in [0.15, 0.2) is 0 Å². The highest BCUT2D eigenvalue weighted by molar-refractivity contribution is 6.11. The van der Waals surface area contributed by atoms with Gasteiger partial charge in [-0.05, 0) is 233 Å². The van der Waals surface area contributed by atoms with E-state index in [0.29, 0.717) is 0 Å². The SMILES string of the molecule is CCCCCCc1ccc2c(c1)c1cc(CCCCCC)ccc1n2-c1ccc2c(c1)C(C)(C)c1cc(Nc3cccc(Nc4ccc5c(c4)C(C)(C)c4cc(-n6c7ccc(CCCCCC)cc7c7cc(CCCCCC)ccc76)ccc4-5)c3)ccc1-2. The molecule has 0 radical (unpaired) electrons. The third-order valence-corrected chi connectivity index (χ3v) is 20.3. The van der Waals surface area contributed by atoms with Gasteiger partial charge in [0.05, 0.1) is 22.1 Å². The smallest absolute Gasteiger partial charge is 0.0541 e. The van der Waals surface area contributed by atoms with Gasteiger partial charge in [-0.3, -0.25) is 0 Å². The van der Waals surface area contributed by atoms with Crippen molar-refractivity contribution in [3.8, 4) is 33.6 Å². The Morgan fingerprint density at radius 1 is 0.284 bits per heavy atom. The molecular formula is C84H94N4. The fraction of sp³-hybridized carbons (Fsp3) is 0.357. The zero-order valence-corrected chi connectivity index (χ0v) is 54.2. The zero-order chi connectivity index (χ0) is 60.5. The van der Waals surface area contributed by atoms with Crippen LogP contribution in [-0.2, 0) is 36.5 Å². The summed E-state index contributed by atoms with van der Waals surface area (Å²) in [5.74, 6) is 0. The molecule has 450 valence electrons. The Morgan fingerprint density at radius 3 is 0.898 bits per heavy atom. The highest BCUT2D eigenvalue weighted by Crippen LogP contribution is 2.53. The minimum atomic E-state index is -0.194. The van der Waals surface area contributed by atoms with Gasteiger partial charge < -0.3 is 19.8 Å². The van der Waals surface area contributed by atoms with Crippen LogP contribution in [0.5, 0.6) is 0 Å². The summed E-state index contributed by atoms with van der Waals surface area (Å²) in [6.45, 7) is 18.8. The van der Waals surface area contributed by atoms with E-state index in [9.17, 15) is 0 Å². The molecule has 2 heterocycles. The van der Waals surface area contributed by atoms with E-state index in [4.69, 9.17) is 0 Å². The maximum Gasteiger partial charge on any atom is 0.0541 e. The van der Waals surface area contributed by atoms with Crippen molar-refractivity contribution >= 4 is 66.4 Å². The van der Waals surface area contributed by atoms with E-state index in [1.165, 1.54) is 224 Å². The van der Waals surface area contributed by atoms with Gasteiger partial charge in [-0.25, -0.2) is 0 Å². The Balaban J connectivity index is 0.738. The molecule has 0 aliphatic heterocycles. The predicted molar refractivity (Wildman–Crippen MR) is 381 cm³/mol. The van der Waals surface area contributed by atoms with Gasteiger partial charge in [-0.1, -0.05) is 187 Å². The van der Waals surface area contributed by atoms with E-state index < -0.39 is 0 Å². The molecule has 4 nitrogen and oxygen atoms in total. The van der Waals surface area contributed by atoms with Crippen LogP contribution in [0.3, 0.4) is 0 Å². The molecule has 11 aromatic rings. The summed E-state index contributed by atoms with van der Waals surface area (Å²) < 4.78 is 5.08. The summed E-state index contributed by atoms with van der Waals surface area (Å²) in [5, 5.41) is 13.2. The Labute approximate surface area is 525 Å². The number of unbranched alkanes of at least 4 members (excludes halogenated alkanes) is 12. The summed E-state index contributed by atoms with van der Waals surface area (Å²) in [4.78, 5) is 0. The number of hydrogen-bond acceptors (Lipinski definition) is 2. The quantitative estimate of drug-likeness (QED) is 0.0530. The van der Waals surface area contributed by atoms with E-state index >= 15 is 0 Å². The van der Waals surface area contributed by atoms with Crippen LogP contribution in [0, 0.1) is 0 Å². The molecule has 2 N–H and O–H groups in total. The number of nitrogens with one attached hydrogen (secondary N) is 2. The standard InChI is InChI=1S/C84H94N4/c1-9-13-17-21-26-57-32-44-79-71(48-57)72-49-58(27-22-18-14-10-2)33-45-80(72)87(79)65-38-42-69-67-40-36-63(53-75(67)83(5,6)77(69)55-65)85-61-30-25-31-62(52-61)86-64-37-41-68-70-43-39-66(56-78(70)84(7,8)76(68)54-64)88-81-46-34-59(28-23-19-15-11-3)50-73(81)74-51-60(35-47-82(74)88)29-24-20-16-12-4/h25,30-56,85-86H,9-24,26-29H2,1-8H3. The Kier molecular flexibility index (Phi) is 17.0. The third kappa shape index (κ3) is 11.4. The molecule has 4 heteroatoms. The number of nitrogens with zero attached hydrogens (tertiary/aromatic N) is 2. The highest BCUT2D eigenvalue weighted by Gasteiger charge is 2.38. The van der Waals surface area contributed by atoms with Gasteiger partial charge in [0.1, 0.15) is 0 Å². The fourth-order valence-electron chi connectivity index (χ4n) is 15.3. The molecule has 2 aliphatic rings. The van der Waals surface area contributed by atoms with Gasteiger partial charge in [0.25, 0.3) is 0 Å². The Morgan fingerprint density at radius 2 is 0.580 bits per heavy atom. The Bertz CT molecular complexity index is 3930. The summed E-state index contributed by atoms with van der Waals surface area (Å²) in [6.07, 6.45) is 25.1. The van der Waals surface area contributed by atoms with Crippen molar-refractivity contribution < 1.29 is 0 Å². The minimum absolute atomic E-state index is 0.194. The number of rotatable bonds is 26. The lowest BCUT2D eigenvalue weighted by molar-refractivity contribution is 0.660. The van der Waals surface area contributed by atoms with Crippen molar-refractivity contribution in [1.82, 2.24) is 9.13 Å². The van der Waals surface area contributed by atoms with Gasteiger partial charge in [-0.15, -0.1) is 0 Å². The Hall–Kier alpha value is -7.82. The van der Waals surface area contributed by atoms with E-state index in [2.05, 4.69) is 245 Å². The maximum atomic E-state index is 3.83. The van der Waals surface area contributed by atoms with Crippen LogP contribution in [-0.4, -0.2) is 9.13 Å². The molecule has 0 fully saturated rings. The lowest BCUT2D eigenvalue weighted by atomic mass is 9.82. The first kappa shape index (κ1) is 59.2.